The summed E-state index contributed by atoms with van der Waals surface area (Å²) in [7, 11) is -3.50. The molecule has 20 heavy (non-hydrogen) atoms. The molecule has 0 saturated carbocycles. The highest BCUT2D eigenvalue weighted by atomic mass is 32.2. The molecule has 1 unspecified atom stereocenters. The minimum absolute atomic E-state index is 0.0348. The largest absolute Gasteiger partial charge is 0.360 e. The number of carbonyl (C=O) groups is 1. The number of aromatic nitrogens is 1. The zero-order valence-corrected chi connectivity index (χ0v) is 13.0. The fourth-order valence-electron chi connectivity index (χ4n) is 1.57. The van der Waals surface area contributed by atoms with Gasteiger partial charge in [-0.15, -0.1) is 0 Å². The van der Waals surface area contributed by atoms with Crippen molar-refractivity contribution < 1.29 is 17.7 Å². The van der Waals surface area contributed by atoms with E-state index in [1.165, 1.54) is 6.07 Å². The van der Waals surface area contributed by atoms with Crippen LogP contribution in [0, 0.1) is 6.92 Å². The number of hydrogen-bond donors (Lipinski definition) is 1. The Labute approximate surface area is 119 Å². The molecule has 1 rings (SSSR count). The predicted octanol–water partition coefficient (Wildman–Crippen LogP) is 1.05. The lowest BCUT2D eigenvalue weighted by molar-refractivity contribution is -0.121. The van der Waals surface area contributed by atoms with Crippen LogP contribution in [0.2, 0.25) is 0 Å². The molecule has 1 N–H and O–H groups in total. The molecule has 0 aromatic carbocycles. The highest BCUT2D eigenvalue weighted by Crippen LogP contribution is 2.17. The molecule has 8 heteroatoms. The van der Waals surface area contributed by atoms with E-state index in [4.69, 9.17) is 4.52 Å². The number of hydrogen-bond acceptors (Lipinski definition) is 5. The van der Waals surface area contributed by atoms with Crippen molar-refractivity contribution >= 4 is 21.7 Å². The third-order valence-electron chi connectivity index (χ3n) is 2.83. The van der Waals surface area contributed by atoms with Gasteiger partial charge in [-0.05, 0) is 20.3 Å². The second-order valence-electron chi connectivity index (χ2n) is 4.76. The Morgan fingerprint density at radius 3 is 2.65 bits per heavy atom. The fourth-order valence-corrected chi connectivity index (χ4v) is 2.42. The summed E-state index contributed by atoms with van der Waals surface area (Å²) in [4.78, 5) is 11.7. The Morgan fingerprint density at radius 2 is 2.20 bits per heavy atom. The van der Waals surface area contributed by atoms with Crippen molar-refractivity contribution in [3.63, 3.8) is 0 Å². The van der Waals surface area contributed by atoms with Gasteiger partial charge in [-0.25, -0.2) is 8.42 Å². The topological polar surface area (TPSA) is 92.5 Å². The van der Waals surface area contributed by atoms with Crippen molar-refractivity contribution in [1.82, 2.24) is 10.5 Å². The minimum atomic E-state index is -3.50. The van der Waals surface area contributed by atoms with E-state index in [1.807, 2.05) is 13.8 Å². The van der Waals surface area contributed by atoms with Crippen LogP contribution in [0.25, 0.3) is 0 Å². The van der Waals surface area contributed by atoms with E-state index < -0.39 is 10.0 Å². The lowest BCUT2D eigenvalue weighted by atomic mass is 10.2. The molecule has 114 valence electrons. The van der Waals surface area contributed by atoms with Gasteiger partial charge < -0.3 is 9.84 Å². The molecule has 0 aliphatic rings. The van der Waals surface area contributed by atoms with Crippen molar-refractivity contribution in [2.75, 3.05) is 17.1 Å². The number of sulfonamides is 1. The Balaban J connectivity index is 2.71. The van der Waals surface area contributed by atoms with E-state index in [2.05, 4.69) is 10.5 Å². The summed E-state index contributed by atoms with van der Waals surface area (Å²) < 4.78 is 29.4. The molecular weight excluding hydrogens is 282 g/mol. The number of rotatable bonds is 7. The van der Waals surface area contributed by atoms with Crippen LogP contribution >= 0.6 is 0 Å². The Kier molecular flexibility index (Phi) is 5.55. The van der Waals surface area contributed by atoms with Crippen LogP contribution in [0.3, 0.4) is 0 Å². The van der Waals surface area contributed by atoms with Gasteiger partial charge in [0.05, 0.1) is 6.26 Å². The number of carbonyl (C=O) groups excluding carboxylic acids is 1. The van der Waals surface area contributed by atoms with Crippen molar-refractivity contribution in [3.8, 4) is 0 Å². The number of anilines is 1. The quantitative estimate of drug-likeness (QED) is 0.813. The first-order chi connectivity index (χ1) is 9.24. The molecule has 0 bridgehead atoms. The van der Waals surface area contributed by atoms with Gasteiger partial charge in [0.1, 0.15) is 5.76 Å². The van der Waals surface area contributed by atoms with Crippen molar-refractivity contribution in [2.45, 2.75) is 39.7 Å². The second kappa shape index (κ2) is 6.74. The zero-order valence-electron chi connectivity index (χ0n) is 12.2. The van der Waals surface area contributed by atoms with Crippen LogP contribution in [0.4, 0.5) is 5.82 Å². The summed E-state index contributed by atoms with van der Waals surface area (Å²) in [6.45, 7) is 5.57. The Hall–Kier alpha value is -1.57. The summed E-state index contributed by atoms with van der Waals surface area (Å²) in [6, 6.07) is 1.59. The van der Waals surface area contributed by atoms with Gasteiger partial charge in [-0.2, -0.15) is 0 Å². The summed E-state index contributed by atoms with van der Waals surface area (Å²) in [5.41, 5.74) is 0. The molecule has 1 amide bonds. The SMILES string of the molecule is CCC(C)NC(=O)CCN(c1cc(C)on1)S(C)(=O)=O. The maximum Gasteiger partial charge on any atom is 0.233 e. The van der Waals surface area contributed by atoms with Gasteiger partial charge in [-0.3, -0.25) is 9.10 Å². The average Bonchev–Trinajstić information content (AvgIpc) is 2.73. The number of nitrogens with one attached hydrogen (secondary N) is 1. The van der Waals surface area contributed by atoms with E-state index in [-0.39, 0.29) is 30.7 Å². The van der Waals surface area contributed by atoms with Crippen molar-refractivity contribution in [2.24, 2.45) is 0 Å². The lowest BCUT2D eigenvalue weighted by Crippen LogP contribution is -2.37. The highest BCUT2D eigenvalue weighted by molar-refractivity contribution is 7.92. The van der Waals surface area contributed by atoms with Crippen LogP contribution in [0.1, 0.15) is 32.4 Å². The monoisotopic (exact) mass is 303 g/mol. The third-order valence-corrected chi connectivity index (χ3v) is 4.00. The molecule has 1 aromatic heterocycles. The van der Waals surface area contributed by atoms with Crippen LogP contribution in [-0.4, -0.2) is 38.3 Å². The lowest BCUT2D eigenvalue weighted by Gasteiger charge is -2.19. The Morgan fingerprint density at radius 1 is 1.55 bits per heavy atom. The van der Waals surface area contributed by atoms with Crippen molar-refractivity contribution in [3.05, 3.63) is 11.8 Å². The van der Waals surface area contributed by atoms with Gasteiger partial charge in [0.2, 0.25) is 15.9 Å². The van der Waals surface area contributed by atoms with Gasteiger partial charge >= 0.3 is 0 Å². The summed E-state index contributed by atoms with van der Waals surface area (Å²) in [5.74, 6) is 0.521. The van der Waals surface area contributed by atoms with Gasteiger partial charge in [-0.1, -0.05) is 12.1 Å². The van der Waals surface area contributed by atoms with Gasteiger partial charge in [0.25, 0.3) is 0 Å². The molecule has 0 aliphatic heterocycles. The molecule has 0 aliphatic carbocycles. The first kappa shape index (κ1) is 16.5. The predicted molar refractivity (Wildman–Crippen MR) is 75.9 cm³/mol. The number of nitrogens with zero attached hydrogens (tertiary/aromatic N) is 2. The molecule has 0 saturated heterocycles. The van der Waals surface area contributed by atoms with Crippen LogP contribution < -0.4 is 9.62 Å². The smallest absolute Gasteiger partial charge is 0.233 e. The zero-order chi connectivity index (χ0) is 15.3. The first-order valence-corrected chi connectivity index (χ1v) is 8.29. The third kappa shape index (κ3) is 4.84. The first-order valence-electron chi connectivity index (χ1n) is 6.44. The molecule has 1 atom stereocenters. The van der Waals surface area contributed by atoms with Crippen LogP contribution in [0.5, 0.6) is 0 Å². The van der Waals surface area contributed by atoms with E-state index in [9.17, 15) is 13.2 Å². The maximum atomic E-state index is 11.7. The van der Waals surface area contributed by atoms with Crippen LogP contribution in [0.15, 0.2) is 10.6 Å². The second-order valence-corrected chi connectivity index (χ2v) is 6.66. The maximum absolute atomic E-state index is 11.7. The van der Waals surface area contributed by atoms with E-state index in [0.717, 1.165) is 17.0 Å². The Bertz CT molecular complexity index is 553. The van der Waals surface area contributed by atoms with E-state index in [0.29, 0.717) is 5.76 Å². The summed E-state index contributed by atoms with van der Waals surface area (Å²) >= 11 is 0. The summed E-state index contributed by atoms with van der Waals surface area (Å²) in [6.07, 6.45) is 1.97. The van der Waals surface area contributed by atoms with Gasteiger partial charge in [0.15, 0.2) is 5.82 Å². The molecule has 0 spiro atoms. The fraction of sp³-hybridized carbons (Fsp3) is 0.667. The molecule has 1 aromatic rings. The summed E-state index contributed by atoms with van der Waals surface area (Å²) in [5, 5.41) is 6.47. The standard InChI is InChI=1S/C12H21N3O4S/c1-5-9(2)13-12(16)6-7-15(20(4,17)18)11-8-10(3)19-14-11/h8-9H,5-7H2,1-4H3,(H,13,16). The highest BCUT2D eigenvalue weighted by Gasteiger charge is 2.21. The van der Waals surface area contributed by atoms with Crippen molar-refractivity contribution in [1.29, 1.82) is 0 Å². The number of aryl methyl sites for hydroxylation is 1. The number of amides is 1. The molecule has 0 radical (unpaired) electrons. The van der Waals surface area contributed by atoms with Gasteiger partial charge in [0, 0.05) is 25.1 Å². The molecule has 1 heterocycles. The average molecular weight is 303 g/mol. The van der Waals surface area contributed by atoms with E-state index >= 15 is 0 Å². The normalized spacial score (nSPS) is 13.0. The molecule has 7 nitrogen and oxygen atoms in total. The molecule has 0 fully saturated rings. The minimum Gasteiger partial charge on any atom is -0.360 e. The molecular formula is C12H21N3O4S. The van der Waals surface area contributed by atoms with Crippen LogP contribution in [-0.2, 0) is 14.8 Å². The van der Waals surface area contributed by atoms with E-state index in [1.54, 1.807) is 6.92 Å².